The van der Waals surface area contributed by atoms with E-state index in [-0.39, 0.29) is 81.3 Å². The highest BCUT2D eigenvalue weighted by molar-refractivity contribution is 7.92. The molecule has 1 unspecified atom stereocenters. The van der Waals surface area contributed by atoms with Gasteiger partial charge in [-0.25, -0.2) is 13.0 Å². The Morgan fingerprint density at radius 2 is 1.19 bits per heavy atom. The van der Waals surface area contributed by atoms with Crippen molar-refractivity contribution in [1.82, 2.24) is 15.4 Å². The summed E-state index contributed by atoms with van der Waals surface area (Å²) >= 11 is 0.637. The number of nitrogens with one attached hydrogen (secondary N) is 3. The summed E-state index contributed by atoms with van der Waals surface area (Å²) in [4.78, 5) is 81.1. The number of hydrogen-bond donors (Lipinski definition) is 4. The molecule has 0 spiro atoms. The first-order valence-corrected chi connectivity index (χ1v) is 24.0. The molecular weight excluding hydrogens is 997 g/mol. The van der Waals surface area contributed by atoms with Crippen molar-refractivity contribution in [2.45, 2.75) is 36.1 Å². The topological polar surface area (TPSA) is 354 Å². The fourth-order valence-electron chi connectivity index (χ4n) is 6.41. The maximum Gasteiger partial charge on any atom is 0.417 e. The summed E-state index contributed by atoms with van der Waals surface area (Å²) in [6.45, 7) is -0.981. The van der Waals surface area contributed by atoms with Crippen molar-refractivity contribution >= 4 is 74.7 Å². The van der Waals surface area contributed by atoms with Crippen LogP contribution in [-0.2, 0) is 65.6 Å². The van der Waals surface area contributed by atoms with Gasteiger partial charge in [0.25, 0.3) is 21.8 Å². The van der Waals surface area contributed by atoms with Crippen molar-refractivity contribution < 1.29 is 94.2 Å². The summed E-state index contributed by atoms with van der Waals surface area (Å²) in [5, 5.41) is 59.1. The number of ether oxygens (including phenoxy) is 2. The molecule has 4 N–H and O–H groups in total. The molecule has 1 aromatic heterocycles. The van der Waals surface area contributed by atoms with Crippen LogP contribution in [0, 0.1) is 11.3 Å². The lowest BCUT2D eigenvalue weighted by atomic mass is 9.98. The molecule has 21 nitrogen and oxygen atoms in total. The molecular formula is C43H34F3N4O17PS2-4. The summed E-state index contributed by atoms with van der Waals surface area (Å²) in [6.07, 6.45) is -8.98. The Morgan fingerprint density at radius 3 is 1.66 bits per heavy atom. The number of rotatable bonds is 24. The second kappa shape index (κ2) is 22.7. The lowest BCUT2D eigenvalue weighted by Crippen LogP contribution is -2.30. The summed E-state index contributed by atoms with van der Waals surface area (Å²) < 4.78 is 98.1. The number of thiophene rings is 1. The van der Waals surface area contributed by atoms with E-state index in [1.807, 2.05) is 4.72 Å². The SMILES string of the molecule is N#Cc1ccc(OP(=O)(O)CNS(=O)(=O)c2cc3cc(OCCNC(=O)c4ccc(CC(=O)[O-])c(CC(=O)[O-])c4)c(OCCNC(=O)c4ccc(CC(=O)[O-])c(CC(=O)[O-])c4)cc3s2)cc1C(F)(F)F. The predicted octanol–water partition coefficient (Wildman–Crippen LogP) is -0.921. The minimum atomic E-state index is -5.03. The Labute approximate surface area is 397 Å². The number of sulfonamides is 1. The number of carboxylic acids is 4. The zero-order chi connectivity index (χ0) is 51.6. The largest absolute Gasteiger partial charge is 0.550 e. The highest BCUT2D eigenvalue weighted by atomic mass is 32.2. The fourth-order valence-corrected chi connectivity index (χ4v) is 10.4. The number of nitrogens with zero attached hydrogens (tertiary/aromatic N) is 1. The average Bonchev–Trinajstić information content (AvgIpc) is 3.70. The molecule has 5 rings (SSSR count). The van der Waals surface area contributed by atoms with Crippen LogP contribution in [0.2, 0.25) is 0 Å². The van der Waals surface area contributed by atoms with E-state index >= 15 is 0 Å². The predicted molar refractivity (Wildman–Crippen MR) is 227 cm³/mol. The van der Waals surface area contributed by atoms with Crippen molar-refractivity contribution in [2.75, 3.05) is 32.6 Å². The number of halogens is 3. The number of carbonyl (C=O) groups excluding carboxylic acids is 6. The van der Waals surface area contributed by atoms with Crippen molar-refractivity contribution in [3.63, 3.8) is 0 Å². The molecule has 1 heterocycles. The van der Waals surface area contributed by atoms with Gasteiger partial charge in [-0.1, -0.05) is 12.1 Å². The highest BCUT2D eigenvalue weighted by Gasteiger charge is 2.35. The summed E-state index contributed by atoms with van der Waals surface area (Å²) in [7, 11) is -9.68. The van der Waals surface area contributed by atoms with Crippen LogP contribution in [-0.4, -0.2) is 81.6 Å². The van der Waals surface area contributed by atoms with Crippen LogP contribution in [0.3, 0.4) is 0 Å². The van der Waals surface area contributed by atoms with Gasteiger partial charge >= 0.3 is 13.8 Å². The molecule has 0 aliphatic rings. The minimum Gasteiger partial charge on any atom is -0.550 e. The zero-order valence-electron chi connectivity index (χ0n) is 35.6. The van der Waals surface area contributed by atoms with Gasteiger partial charge in [0.1, 0.15) is 29.5 Å². The fraction of sp³-hybridized carbons (Fsp3) is 0.233. The number of hydrogen-bond acceptors (Lipinski definition) is 18. The van der Waals surface area contributed by atoms with E-state index in [2.05, 4.69) is 10.6 Å². The lowest BCUT2D eigenvalue weighted by molar-refractivity contribution is -0.306. The first-order valence-electron chi connectivity index (χ1n) is 19.9. The second-order valence-corrected chi connectivity index (χ2v) is 19.5. The third-order valence-electron chi connectivity index (χ3n) is 9.51. The minimum absolute atomic E-state index is 0.00314. The molecule has 0 saturated carbocycles. The van der Waals surface area contributed by atoms with E-state index in [9.17, 15) is 80.2 Å². The smallest absolute Gasteiger partial charge is 0.417 e. The molecule has 4 aromatic carbocycles. The molecule has 27 heteroatoms. The first-order chi connectivity index (χ1) is 32.8. The van der Waals surface area contributed by atoms with Crippen molar-refractivity contribution in [1.29, 1.82) is 5.26 Å². The number of fused-ring (bicyclic) bond motifs is 1. The van der Waals surface area contributed by atoms with E-state index in [0.29, 0.717) is 23.5 Å². The van der Waals surface area contributed by atoms with Crippen LogP contribution in [0.5, 0.6) is 17.2 Å². The number of carbonyl (C=O) groups is 6. The lowest BCUT2D eigenvalue weighted by Gasteiger charge is -2.16. The van der Waals surface area contributed by atoms with Crippen LogP contribution in [0.15, 0.2) is 77.0 Å². The summed E-state index contributed by atoms with van der Waals surface area (Å²) in [5.74, 6) is -8.33. The van der Waals surface area contributed by atoms with Crippen LogP contribution in [0.1, 0.15) is 54.1 Å². The molecule has 0 aliphatic heterocycles. The van der Waals surface area contributed by atoms with E-state index in [1.165, 1.54) is 54.6 Å². The van der Waals surface area contributed by atoms with E-state index in [0.717, 1.165) is 12.1 Å². The highest BCUT2D eigenvalue weighted by Crippen LogP contribution is 2.44. The van der Waals surface area contributed by atoms with Crippen molar-refractivity contribution in [3.8, 4) is 23.3 Å². The zero-order valence-corrected chi connectivity index (χ0v) is 38.1. The van der Waals surface area contributed by atoms with Gasteiger partial charge in [-0.15, -0.1) is 11.3 Å². The van der Waals surface area contributed by atoms with Gasteiger partial charge in [0, 0.05) is 71.5 Å². The van der Waals surface area contributed by atoms with Crippen LogP contribution >= 0.6 is 18.9 Å². The average molecular weight is 1030 g/mol. The second-order valence-electron chi connectivity index (χ2n) is 14.6. The van der Waals surface area contributed by atoms with Crippen LogP contribution < -0.4 is 49.8 Å². The van der Waals surface area contributed by atoms with Gasteiger partial charge in [-0.2, -0.15) is 23.2 Å². The molecule has 370 valence electrons. The maximum atomic E-state index is 13.4. The van der Waals surface area contributed by atoms with E-state index in [4.69, 9.17) is 19.3 Å². The van der Waals surface area contributed by atoms with E-state index in [1.54, 1.807) is 0 Å². The third kappa shape index (κ3) is 15.0. The molecule has 70 heavy (non-hydrogen) atoms. The molecule has 5 aromatic rings. The Kier molecular flexibility index (Phi) is 17.3. The van der Waals surface area contributed by atoms with Crippen molar-refractivity contribution in [2.24, 2.45) is 0 Å². The standard InChI is InChI=1S/C43H38F3N4O17PS2/c44-43(45,46)32-19-31(6-5-27(32)21-47)67-68(61,62)22-50-70(63,64)40-18-30-13-33(65-9-7-48-41(59)25-3-1-23(14-36(51)52)28(11-25)16-38(55)56)34(20-35(30)69-40)66-10-8-49-42(60)26-4-2-24(15-37(53)54)29(12-26)17-39(57)58/h1-6,11-13,18-20,50H,7-10,14-17,22H2,(H,48,59)(H,49,60)(H,51,52)(H,53,54)(H,55,56)(H,57,58)(H,61,62)/p-4. The maximum absolute atomic E-state index is 13.4. The Hall–Kier alpha value is -7.56. The number of amides is 2. The summed E-state index contributed by atoms with van der Waals surface area (Å²) in [5.41, 5.74) is -2.15. The van der Waals surface area contributed by atoms with Gasteiger partial charge in [0.05, 0.1) is 30.3 Å². The first kappa shape index (κ1) is 53.4. The Morgan fingerprint density at radius 1 is 0.700 bits per heavy atom. The number of alkyl halides is 3. The number of benzene rings is 4. The Bertz CT molecular complexity index is 2950. The normalized spacial score (nSPS) is 12.3. The molecule has 0 saturated heterocycles. The van der Waals surface area contributed by atoms with Gasteiger partial charge in [0.15, 0.2) is 11.5 Å². The molecule has 1 atom stereocenters. The van der Waals surface area contributed by atoms with Gasteiger partial charge in [-0.3, -0.25) is 9.59 Å². The number of nitriles is 1. The van der Waals surface area contributed by atoms with Crippen LogP contribution in [0.25, 0.3) is 10.1 Å². The van der Waals surface area contributed by atoms with Crippen LogP contribution in [0.4, 0.5) is 13.2 Å². The monoisotopic (exact) mass is 1030 g/mol. The molecule has 0 aliphatic carbocycles. The van der Waals surface area contributed by atoms with Gasteiger partial charge in [0.2, 0.25) is 0 Å². The Balaban J connectivity index is 1.33. The van der Waals surface area contributed by atoms with Gasteiger partial charge < -0.3 is 69.1 Å². The summed E-state index contributed by atoms with van der Waals surface area (Å²) in [6, 6.07) is 14.3. The van der Waals surface area contributed by atoms with E-state index < -0.39 is 113 Å². The molecule has 2 amide bonds. The number of aliphatic carboxylic acids is 4. The third-order valence-corrected chi connectivity index (χ3v) is 13.8. The molecule has 0 bridgehead atoms. The van der Waals surface area contributed by atoms with Gasteiger partial charge in [-0.05, 0) is 82.2 Å². The van der Waals surface area contributed by atoms with Crippen molar-refractivity contribution in [3.05, 3.63) is 117 Å². The molecule has 0 radical (unpaired) electrons. The quantitative estimate of drug-likeness (QED) is 0.0429. The molecule has 0 fully saturated rings. The number of carboxylic acid groups (broad SMARTS) is 4.